The van der Waals surface area contributed by atoms with Crippen LogP contribution in [0.2, 0.25) is 0 Å². The van der Waals surface area contributed by atoms with Gasteiger partial charge in [0.2, 0.25) is 5.89 Å². The number of ether oxygens (including phenoxy) is 3. The van der Waals surface area contributed by atoms with Gasteiger partial charge >= 0.3 is 12.1 Å². The number of carbonyl (C=O) groups excluding carboxylic acids is 2. The van der Waals surface area contributed by atoms with Crippen LogP contribution in [0.3, 0.4) is 0 Å². The van der Waals surface area contributed by atoms with Gasteiger partial charge in [-0.05, 0) is 57.0 Å². The van der Waals surface area contributed by atoms with Gasteiger partial charge in [0.05, 0.1) is 13.7 Å². The lowest BCUT2D eigenvalue weighted by atomic mass is 10.0. The highest BCUT2D eigenvalue weighted by Crippen LogP contribution is 2.26. The molecule has 2 aromatic carbocycles. The Morgan fingerprint density at radius 1 is 0.949 bits per heavy atom. The topological polar surface area (TPSA) is 99.9 Å². The number of nitrogens with one attached hydrogen (secondary N) is 1. The fraction of sp³-hybridized carbons (Fsp3) is 0.452. The van der Waals surface area contributed by atoms with Crippen LogP contribution >= 0.6 is 0 Å². The lowest BCUT2D eigenvalue weighted by molar-refractivity contribution is -0.143. The summed E-state index contributed by atoms with van der Waals surface area (Å²) in [5.41, 5.74) is 2.59. The van der Waals surface area contributed by atoms with Crippen molar-refractivity contribution < 1.29 is 28.2 Å². The number of benzene rings is 2. The fourth-order valence-electron chi connectivity index (χ4n) is 3.96. The molecule has 0 aliphatic rings. The molecule has 0 saturated carbocycles. The lowest BCUT2D eigenvalue weighted by Crippen LogP contribution is -2.45. The fourth-order valence-corrected chi connectivity index (χ4v) is 3.96. The average Bonchev–Trinajstić information content (AvgIpc) is 3.40. The van der Waals surface area contributed by atoms with Crippen molar-refractivity contribution >= 4 is 12.1 Å². The van der Waals surface area contributed by atoms with E-state index in [1.807, 2.05) is 48.5 Å². The second-order valence-electron chi connectivity index (χ2n) is 10.4. The molecule has 3 rings (SSSR count). The molecule has 1 aromatic heterocycles. The number of amides is 1. The summed E-state index contributed by atoms with van der Waals surface area (Å²) in [7, 11) is 1.29. The Morgan fingerprint density at radius 3 is 2.26 bits per heavy atom. The molecule has 0 bridgehead atoms. The number of hydrogen-bond acceptors (Lipinski definition) is 7. The molecule has 0 fully saturated rings. The average molecular weight is 537 g/mol. The molecule has 1 N–H and O–H groups in total. The van der Waals surface area contributed by atoms with E-state index in [-0.39, 0.29) is 6.42 Å². The van der Waals surface area contributed by atoms with Gasteiger partial charge in [-0.15, -0.1) is 0 Å². The molecule has 0 saturated heterocycles. The second kappa shape index (κ2) is 14.4. The molecule has 210 valence electrons. The first-order valence-electron chi connectivity index (χ1n) is 13.5. The summed E-state index contributed by atoms with van der Waals surface area (Å²) in [6.07, 6.45) is 7.23. The Morgan fingerprint density at radius 2 is 1.62 bits per heavy atom. The molecule has 1 amide bonds. The summed E-state index contributed by atoms with van der Waals surface area (Å²) in [6, 6.07) is 14.4. The molecule has 8 heteroatoms. The van der Waals surface area contributed by atoms with Gasteiger partial charge in [-0.3, -0.25) is 0 Å². The lowest BCUT2D eigenvalue weighted by Gasteiger charge is -2.22. The van der Waals surface area contributed by atoms with Crippen molar-refractivity contribution in [3.8, 4) is 28.5 Å². The zero-order valence-corrected chi connectivity index (χ0v) is 23.6. The number of alkyl carbamates (subject to hydrolysis) is 1. The van der Waals surface area contributed by atoms with E-state index in [0.29, 0.717) is 11.6 Å². The summed E-state index contributed by atoms with van der Waals surface area (Å²) in [5, 5.41) is 2.59. The van der Waals surface area contributed by atoms with E-state index in [0.717, 1.165) is 35.5 Å². The van der Waals surface area contributed by atoms with E-state index in [2.05, 4.69) is 17.2 Å². The smallest absolute Gasteiger partial charge is 0.408 e. The summed E-state index contributed by atoms with van der Waals surface area (Å²) >= 11 is 0. The standard InChI is InChI=1S/C31H40N2O6/c1-6-7-8-9-10-19-37-25-17-15-24(16-18-25)28-32-27(21-38-28)23-13-11-22(12-14-23)20-26(29(34)36-5)33-30(35)39-31(2,3)4/h11-18,21,26H,6-10,19-20H2,1-5H3,(H,33,35). The van der Waals surface area contributed by atoms with Crippen molar-refractivity contribution in [3.63, 3.8) is 0 Å². The highest BCUT2D eigenvalue weighted by molar-refractivity contribution is 5.81. The largest absolute Gasteiger partial charge is 0.494 e. The van der Waals surface area contributed by atoms with E-state index in [4.69, 9.17) is 18.6 Å². The molecule has 1 heterocycles. The number of oxazole rings is 1. The first kappa shape index (κ1) is 29.7. The predicted octanol–water partition coefficient (Wildman–Crippen LogP) is 6.97. The van der Waals surface area contributed by atoms with Gasteiger partial charge in [0.25, 0.3) is 0 Å². The molecule has 0 radical (unpaired) electrons. The summed E-state index contributed by atoms with van der Waals surface area (Å²) < 4.78 is 21.7. The van der Waals surface area contributed by atoms with E-state index in [9.17, 15) is 9.59 Å². The van der Waals surface area contributed by atoms with Crippen LogP contribution in [0, 0.1) is 0 Å². The van der Waals surface area contributed by atoms with Gasteiger partial charge in [-0.2, -0.15) is 0 Å². The normalized spacial score (nSPS) is 12.0. The van der Waals surface area contributed by atoms with Crippen LogP contribution in [0.5, 0.6) is 5.75 Å². The Bertz CT molecular complexity index is 1180. The van der Waals surface area contributed by atoms with Crippen molar-refractivity contribution in [3.05, 3.63) is 60.4 Å². The van der Waals surface area contributed by atoms with Gasteiger partial charge in [0.1, 0.15) is 29.3 Å². The third kappa shape index (κ3) is 9.78. The van der Waals surface area contributed by atoms with Crippen LogP contribution in [0.25, 0.3) is 22.7 Å². The van der Waals surface area contributed by atoms with Crippen LogP contribution < -0.4 is 10.1 Å². The maximum absolute atomic E-state index is 12.2. The number of rotatable bonds is 13. The van der Waals surface area contributed by atoms with Crippen molar-refractivity contribution in [2.45, 2.75) is 77.9 Å². The van der Waals surface area contributed by atoms with E-state index >= 15 is 0 Å². The van der Waals surface area contributed by atoms with Crippen molar-refractivity contribution in [1.82, 2.24) is 10.3 Å². The van der Waals surface area contributed by atoms with Gasteiger partial charge in [-0.1, -0.05) is 56.9 Å². The third-order valence-electron chi connectivity index (χ3n) is 5.99. The molecule has 1 unspecified atom stereocenters. The minimum Gasteiger partial charge on any atom is -0.494 e. The number of aromatic nitrogens is 1. The number of methoxy groups -OCH3 is 1. The van der Waals surface area contributed by atoms with Crippen LogP contribution in [0.15, 0.2) is 59.2 Å². The van der Waals surface area contributed by atoms with Crippen LogP contribution in [-0.2, 0) is 20.7 Å². The number of unbranched alkanes of at least 4 members (excludes halogenated alkanes) is 4. The summed E-state index contributed by atoms with van der Waals surface area (Å²) in [5.74, 6) is 0.810. The highest BCUT2D eigenvalue weighted by Gasteiger charge is 2.25. The summed E-state index contributed by atoms with van der Waals surface area (Å²) in [4.78, 5) is 29.1. The highest BCUT2D eigenvalue weighted by atomic mass is 16.6. The Kier molecular flexibility index (Phi) is 11.0. The molecule has 1 atom stereocenters. The minimum atomic E-state index is -0.873. The molecule has 0 aliphatic heterocycles. The maximum Gasteiger partial charge on any atom is 0.408 e. The SMILES string of the molecule is CCCCCCCOc1ccc(-c2nc(-c3ccc(CC(NC(=O)OC(C)(C)C)C(=O)OC)cc3)co2)cc1. The van der Waals surface area contributed by atoms with E-state index < -0.39 is 23.7 Å². The Labute approximate surface area is 231 Å². The number of esters is 1. The monoisotopic (exact) mass is 536 g/mol. The molecule has 0 aliphatic carbocycles. The van der Waals surface area contributed by atoms with Crippen LogP contribution in [0.1, 0.15) is 65.4 Å². The molecular formula is C31H40N2O6. The zero-order chi connectivity index (χ0) is 28.3. The van der Waals surface area contributed by atoms with Crippen LogP contribution in [0.4, 0.5) is 4.79 Å². The van der Waals surface area contributed by atoms with Crippen LogP contribution in [-0.4, -0.2) is 42.4 Å². The van der Waals surface area contributed by atoms with Crippen molar-refractivity contribution in [2.24, 2.45) is 0 Å². The second-order valence-corrected chi connectivity index (χ2v) is 10.4. The van der Waals surface area contributed by atoms with Gasteiger partial charge in [0, 0.05) is 17.5 Å². The van der Waals surface area contributed by atoms with E-state index in [1.165, 1.54) is 32.8 Å². The zero-order valence-electron chi connectivity index (χ0n) is 23.6. The molecule has 0 spiro atoms. The molecule has 39 heavy (non-hydrogen) atoms. The first-order chi connectivity index (χ1) is 18.7. The van der Waals surface area contributed by atoms with E-state index in [1.54, 1.807) is 27.0 Å². The quantitative estimate of drug-likeness (QED) is 0.186. The maximum atomic E-state index is 12.2. The number of nitrogens with zero attached hydrogens (tertiary/aromatic N) is 1. The van der Waals surface area contributed by atoms with Gasteiger partial charge < -0.3 is 23.9 Å². The number of hydrogen-bond donors (Lipinski definition) is 1. The molecular weight excluding hydrogens is 496 g/mol. The van der Waals surface area contributed by atoms with Crippen molar-refractivity contribution in [2.75, 3.05) is 13.7 Å². The predicted molar refractivity (Wildman–Crippen MR) is 151 cm³/mol. The van der Waals surface area contributed by atoms with Gasteiger partial charge in [-0.25, -0.2) is 14.6 Å². The van der Waals surface area contributed by atoms with Crippen molar-refractivity contribution in [1.29, 1.82) is 0 Å². The summed E-state index contributed by atoms with van der Waals surface area (Å²) in [6.45, 7) is 8.21. The minimum absolute atomic E-state index is 0.253. The third-order valence-corrected chi connectivity index (χ3v) is 5.99. The van der Waals surface area contributed by atoms with Gasteiger partial charge in [0.15, 0.2) is 0 Å². The number of carbonyl (C=O) groups is 2. The Hall–Kier alpha value is -3.81. The Balaban J connectivity index is 1.58. The first-order valence-corrected chi connectivity index (χ1v) is 13.5. The molecule has 3 aromatic rings. The molecule has 8 nitrogen and oxygen atoms in total.